The summed E-state index contributed by atoms with van der Waals surface area (Å²) in [5, 5.41) is 5.51. The van der Waals surface area contributed by atoms with Gasteiger partial charge in [0.1, 0.15) is 17.5 Å². The van der Waals surface area contributed by atoms with Gasteiger partial charge in [-0.2, -0.15) is 0 Å². The molecule has 0 saturated heterocycles. The highest BCUT2D eigenvalue weighted by molar-refractivity contribution is 5.97. The zero-order valence-corrected chi connectivity index (χ0v) is 21.6. The number of methoxy groups -OCH3 is 1. The van der Waals surface area contributed by atoms with Crippen LogP contribution >= 0.6 is 0 Å². The molecule has 0 heterocycles. The van der Waals surface area contributed by atoms with Crippen molar-refractivity contribution in [2.24, 2.45) is 0 Å². The van der Waals surface area contributed by atoms with Crippen molar-refractivity contribution in [1.82, 2.24) is 5.32 Å². The normalized spacial score (nSPS) is 12.4. The van der Waals surface area contributed by atoms with Crippen molar-refractivity contribution in [3.8, 4) is 11.5 Å². The Labute approximate surface area is 223 Å². The van der Waals surface area contributed by atoms with Crippen molar-refractivity contribution in [3.63, 3.8) is 0 Å². The van der Waals surface area contributed by atoms with E-state index >= 15 is 0 Å². The third-order valence-corrected chi connectivity index (χ3v) is 5.22. The molecule has 2 N–H and O–H groups in total. The van der Waals surface area contributed by atoms with Crippen molar-refractivity contribution >= 4 is 17.5 Å². The summed E-state index contributed by atoms with van der Waals surface area (Å²) in [5.41, 5.74) is 1.48. The van der Waals surface area contributed by atoms with Crippen LogP contribution in [0.15, 0.2) is 84.9 Å². The number of carbonyl (C=O) groups is 2. The molecule has 0 bridgehead atoms. The maximum Gasteiger partial charge on any atom is 0.277 e. The molecule has 2 atom stereocenters. The number of nitrogens with one attached hydrogen (secondary N) is 2. The summed E-state index contributed by atoms with van der Waals surface area (Å²) >= 11 is 0. The zero-order valence-electron chi connectivity index (χ0n) is 21.6. The van der Waals surface area contributed by atoms with E-state index in [2.05, 4.69) is 10.6 Å². The summed E-state index contributed by atoms with van der Waals surface area (Å²) < 4.78 is 27.4. The molecular weight excluding hydrogens is 488 g/mol. The number of ether oxygens (including phenoxy) is 5. The Morgan fingerprint density at radius 3 is 2.11 bits per heavy atom. The Balaban J connectivity index is 1.64. The fourth-order valence-electron chi connectivity index (χ4n) is 3.34. The fraction of sp³-hybridized carbons (Fsp3) is 0.310. The summed E-state index contributed by atoms with van der Waals surface area (Å²) in [6.45, 7) is 2.68. The molecular formula is C29H34N2O7. The van der Waals surface area contributed by atoms with E-state index < -0.39 is 24.1 Å². The van der Waals surface area contributed by atoms with Crippen LogP contribution in [-0.4, -0.2) is 57.7 Å². The molecule has 3 rings (SSSR count). The molecule has 0 aliphatic carbocycles. The van der Waals surface area contributed by atoms with Crippen LogP contribution in [0.3, 0.4) is 0 Å². The molecule has 202 valence electrons. The molecule has 0 spiro atoms. The lowest BCUT2D eigenvalue weighted by Crippen LogP contribution is -2.51. The Hall–Kier alpha value is -3.76. The van der Waals surface area contributed by atoms with Gasteiger partial charge in [-0.05, 0) is 48.9 Å². The molecule has 0 aliphatic heterocycles. The van der Waals surface area contributed by atoms with E-state index in [1.165, 1.54) is 7.11 Å². The Morgan fingerprint density at radius 1 is 0.789 bits per heavy atom. The van der Waals surface area contributed by atoms with Crippen LogP contribution in [0.5, 0.6) is 11.5 Å². The number of anilines is 1. The van der Waals surface area contributed by atoms with Crippen LogP contribution in [0.1, 0.15) is 12.5 Å². The number of rotatable bonds is 16. The summed E-state index contributed by atoms with van der Waals surface area (Å²) in [6, 6.07) is 24.9. The number of carbonyl (C=O) groups excluding carboxylic acids is 2. The Kier molecular flexibility index (Phi) is 12.2. The number of hydrogen-bond donors (Lipinski definition) is 2. The Morgan fingerprint density at radius 2 is 1.45 bits per heavy atom. The molecule has 0 fully saturated rings. The molecule has 0 aliphatic rings. The van der Waals surface area contributed by atoms with Crippen LogP contribution in [0.25, 0.3) is 0 Å². The minimum Gasteiger partial charge on any atom is -0.457 e. The fourth-order valence-corrected chi connectivity index (χ4v) is 3.34. The molecule has 9 heteroatoms. The molecule has 3 aromatic rings. The topological polar surface area (TPSA) is 104 Å². The van der Waals surface area contributed by atoms with Gasteiger partial charge in [0.25, 0.3) is 5.91 Å². The highest BCUT2D eigenvalue weighted by Crippen LogP contribution is 2.22. The van der Waals surface area contributed by atoms with Gasteiger partial charge in [-0.1, -0.05) is 48.5 Å². The maximum atomic E-state index is 13.2. The SMILES string of the molecule is CCOC(OCCOC)C(=O)NC(COCc1ccccc1)C(=O)Nc1ccc(Oc2ccccc2)cc1. The average molecular weight is 523 g/mol. The van der Waals surface area contributed by atoms with E-state index in [1.54, 1.807) is 31.2 Å². The van der Waals surface area contributed by atoms with Crippen molar-refractivity contribution in [2.75, 3.05) is 38.9 Å². The smallest absolute Gasteiger partial charge is 0.277 e. The van der Waals surface area contributed by atoms with E-state index in [4.69, 9.17) is 23.7 Å². The van der Waals surface area contributed by atoms with E-state index in [0.717, 1.165) is 5.56 Å². The number of para-hydroxylation sites is 1. The van der Waals surface area contributed by atoms with Gasteiger partial charge in [0.15, 0.2) is 0 Å². The third-order valence-electron chi connectivity index (χ3n) is 5.22. The van der Waals surface area contributed by atoms with E-state index in [-0.39, 0.29) is 26.4 Å². The highest BCUT2D eigenvalue weighted by Gasteiger charge is 2.27. The molecule has 3 aromatic carbocycles. The standard InChI is InChI=1S/C29H34N2O7/c1-3-36-29(37-19-18-34-2)28(33)31-26(21-35-20-22-10-6-4-7-11-22)27(32)30-23-14-16-25(17-15-23)38-24-12-8-5-9-13-24/h4-17,26,29H,3,18-21H2,1-2H3,(H,30,32)(H,31,33). The van der Waals surface area contributed by atoms with E-state index in [1.807, 2.05) is 60.7 Å². The molecule has 9 nitrogen and oxygen atoms in total. The van der Waals surface area contributed by atoms with Gasteiger partial charge >= 0.3 is 0 Å². The van der Waals surface area contributed by atoms with Gasteiger partial charge in [0.05, 0.1) is 26.4 Å². The van der Waals surface area contributed by atoms with Crippen LogP contribution in [-0.2, 0) is 35.1 Å². The Bertz CT molecular complexity index is 1090. The lowest BCUT2D eigenvalue weighted by molar-refractivity contribution is -0.175. The first-order valence-corrected chi connectivity index (χ1v) is 12.4. The number of hydrogen-bond acceptors (Lipinski definition) is 7. The molecule has 2 amide bonds. The van der Waals surface area contributed by atoms with Gasteiger partial charge in [-0.15, -0.1) is 0 Å². The summed E-state index contributed by atoms with van der Waals surface area (Å²) in [6.07, 6.45) is -1.19. The predicted molar refractivity (Wildman–Crippen MR) is 143 cm³/mol. The van der Waals surface area contributed by atoms with Crippen LogP contribution < -0.4 is 15.4 Å². The van der Waals surface area contributed by atoms with Crippen molar-refractivity contribution in [3.05, 3.63) is 90.5 Å². The second-order valence-electron chi connectivity index (χ2n) is 8.14. The highest BCUT2D eigenvalue weighted by atomic mass is 16.7. The predicted octanol–water partition coefficient (Wildman–Crippen LogP) is 4.14. The summed E-state index contributed by atoms with van der Waals surface area (Å²) in [5.74, 6) is 0.297. The first kappa shape index (κ1) is 28.8. The van der Waals surface area contributed by atoms with Crippen LogP contribution in [0.2, 0.25) is 0 Å². The lowest BCUT2D eigenvalue weighted by Gasteiger charge is -2.22. The van der Waals surface area contributed by atoms with Gasteiger partial charge in [0.2, 0.25) is 12.2 Å². The van der Waals surface area contributed by atoms with Gasteiger partial charge in [-0.25, -0.2) is 0 Å². The number of benzene rings is 3. The maximum absolute atomic E-state index is 13.2. The van der Waals surface area contributed by atoms with Crippen LogP contribution in [0, 0.1) is 0 Å². The second kappa shape index (κ2) is 16.2. The third kappa shape index (κ3) is 9.95. The van der Waals surface area contributed by atoms with Crippen LogP contribution in [0.4, 0.5) is 5.69 Å². The monoisotopic (exact) mass is 522 g/mol. The molecule has 0 saturated carbocycles. The largest absolute Gasteiger partial charge is 0.457 e. The number of amides is 2. The van der Waals surface area contributed by atoms with E-state index in [0.29, 0.717) is 23.8 Å². The van der Waals surface area contributed by atoms with Gasteiger partial charge < -0.3 is 34.3 Å². The molecule has 2 unspecified atom stereocenters. The van der Waals surface area contributed by atoms with E-state index in [9.17, 15) is 9.59 Å². The minimum absolute atomic E-state index is 0.0570. The summed E-state index contributed by atoms with van der Waals surface area (Å²) in [7, 11) is 1.53. The quantitative estimate of drug-likeness (QED) is 0.215. The molecule has 0 aromatic heterocycles. The van der Waals surface area contributed by atoms with Gasteiger partial charge in [0, 0.05) is 19.4 Å². The minimum atomic E-state index is -1.19. The van der Waals surface area contributed by atoms with Crippen molar-refractivity contribution in [2.45, 2.75) is 25.9 Å². The first-order chi connectivity index (χ1) is 18.6. The summed E-state index contributed by atoms with van der Waals surface area (Å²) in [4.78, 5) is 26.1. The lowest BCUT2D eigenvalue weighted by atomic mass is 10.2. The molecule has 0 radical (unpaired) electrons. The second-order valence-corrected chi connectivity index (χ2v) is 8.14. The zero-order chi connectivity index (χ0) is 27.0. The first-order valence-electron chi connectivity index (χ1n) is 12.4. The van der Waals surface area contributed by atoms with Crippen molar-refractivity contribution < 1.29 is 33.3 Å². The van der Waals surface area contributed by atoms with Crippen molar-refractivity contribution in [1.29, 1.82) is 0 Å². The molecule has 38 heavy (non-hydrogen) atoms. The average Bonchev–Trinajstić information content (AvgIpc) is 2.94. The van der Waals surface area contributed by atoms with Gasteiger partial charge in [-0.3, -0.25) is 9.59 Å².